The van der Waals surface area contributed by atoms with Crippen LogP contribution in [0.3, 0.4) is 0 Å². The Bertz CT molecular complexity index is 312. The molecule has 84 valence electrons. The molecule has 0 spiro atoms. The second kappa shape index (κ2) is 5.61. The number of hydrogen-bond acceptors (Lipinski definition) is 3. The van der Waals surface area contributed by atoms with E-state index < -0.39 is 5.60 Å². The van der Waals surface area contributed by atoms with Gasteiger partial charge in [-0.2, -0.15) is 0 Å². The molecule has 0 saturated carbocycles. The minimum absolute atomic E-state index is 0.116. The highest BCUT2D eigenvalue weighted by Gasteiger charge is 2.18. The second-order valence-electron chi connectivity index (χ2n) is 3.74. The van der Waals surface area contributed by atoms with Crippen LogP contribution in [0.2, 0.25) is 0 Å². The van der Waals surface area contributed by atoms with E-state index in [9.17, 15) is 5.11 Å². The molecule has 1 aromatic rings. The van der Waals surface area contributed by atoms with E-state index >= 15 is 0 Å². The molecule has 0 aliphatic rings. The van der Waals surface area contributed by atoms with Crippen LogP contribution >= 0.6 is 15.9 Å². The maximum absolute atomic E-state index is 9.48. The van der Waals surface area contributed by atoms with Crippen LogP contribution in [-0.4, -0.2) is 29.0 Å². The van der Waals surface area contributed by atoms with Gasteiger partial charge in [-0.15, -0.1) is 0 Å². The summed E-state index contributed by atoms with van der Waals surface area (Å²) in [5.41, 5.74) is -0.146. The van der Waals surface area contributed by atoms with Gasteiger partial charge in [-0.3, -0.25) is 0 Å². The average molecular weight is 275 g/mol. The van der Waals surface area contributed by atoms with Gasteiger partial charge < -0.3 is 14.9 Å². The van der Waals surface area contributed by atoms with E-state index in [0.29, 0.717) is 6.61 Å². The minimum Gasteiger partial charge on any atom is -0.393 e. The van der Waals surface area contributed by atoms with Gasteiger partial charge in [0.15, 0.2) is 0 Å². The third-order valence-electron chi connectivity index (χ3n) is 1.97. The molecule has 0 unspecified atom stereocenters. The van der Waals surface area contributed by atoms with E-state index in [1.54, 1.807) is 0 Å². The van der Waals surface area contributed by atoms with Crippen molar-refractivity contribution in [2.45, 2.75) is 19.1 Å². The Kier molecular flexibility index (Phi) is 4.73. The van der Waals surface area contributed by atoms with Crippen molar-refractivity contribution in [3.05, 3.63) is 34.3 Å². The zero-order valence-electron chi connectivity index (χ0n) is 8.61. The van der Waals surface area contributed by atoms with Gasteiger partial charge in [0, 0.05) is 4.47 Å². The zero-order valence-corrected chi connectivity index (χ0v) is 10.2. The molecule has 0 amide bonds. The van der Waals surface area contributed by atoms with Crippen LogP contribution < -0.4 is 0 Å². The standard InChI is InChI=1S/C11H15BrO3/c1-11(14,7-13)8-15-6-9-4-2-3-5-10(9)12/h2-5,13-14H,6-8H2,1H3/t11-/m0/s1. The molecular weight excluding hydrogens is 260 g/mol. The van der Waals surface area contributed by atoms with E-state index in [1.165, 1.54) is 6.92 Å². The lowest BCUT2D eigenvalue weighted by Crippen LogP contribution is -2.34. The molecule has 0 aromatic heterocycles. The second-order valence-corrected chi connectivity index (χ2v) is 4.59. The Morgan fingerprint density at radius 2 is 2.07 bits per heavy atom. The van der Waals surface area contributed by atoms with Gasteiger partial charge in [-0.1, -0.05) is 34.1 Å². The maximum atomic E-state index is 9.48. The van der Waals surface area contributed by atoms with Crippen LogP contribution in [0.5, 0.6) is 0 Å². The highest BCUT2D eigenvalue weighted by molar-refractivity contribution is 9.10. The molecule has 1 aromatic carbocycles. The summed E-state index contributed by atoms with van der Waals surface area (Å²) in [6.45, 7) is 1.76. The summed E-state index contributed by atoms with van der Waals surface area (Å²) in [5.74, 6) is 0. The van der Waals surface area contributed by atoms with Gasteiger partial charge in [0.05, 0.1) is 19.8 Å². The van der Waals surface area contributed by atoms with E-state index in [-0.39, 0.29) is 13.2 Å². The minimum atomic E-state index is -1.17. The Labute approximate surface area is 97.8 Å². The molecule has 15 heavy (non-hydrogen) atoms. The summed E-state index contributed by atoms with van der Waals surface area (Å²) >= 11 is 3.40. The van der Waals surface area contributed by atoms with Gasteiger partial charge in [-0.25, -0.2) is 0 Å². The van der Waals surface area contributed by atoms with Crippen molar-refractivity contribution in [3.8, 4) is 0 Å². The van der Waals surface area contributed by atoms with Gasteiger partial charge in [0.1, 0.15) is 5.60 Å². The maximum Gasteiger partial charge on any atom is 0.108 e. The van der Waals surface area contributed by atoms with Crippen LogP contribution in [0.1, 0.15) is 12.5 Å². The number of halogens is 1. The molecule has 4 heteroatoms. The number of ether oxygens (including phenoxy) is 1. The molecular formula is C11H15BrO3. The van der Waals surface area contributed by atoms with Crippen LogP contribution in [0.25, 0.3) is 0 Å². The lowest BCUT2D eigenvalue weighted by Gasteiger charge is -2.20. The fraction of sp³-hybridized carbons (Fsp3) is 0.455. The fourth-order valence-electron chi connectivity index (χ4n) is 1.04. The molecule has 0 aliphatic heterocycles. The van der Waals surface area contributed by atoms with E-state index in [0.717, 1.165) is 10.0 Å². The molecule has 1 rings (SSSR count). The van der Waals surface area contributed by atoms with Crippen molar-refractivity contribution in [3.63, 3.8) is 0 Å². The quantitative estimate of drug-likeness (QED) is 0.860. The Morgan fingerprint density at radius 1 is 1.40 bits per heavy atom. The molecule has 1 atom stereocenters. The normalized spacial score (nSPS) is 14.9. The highest BCUT2D eigenvalue weighted by Crippen LogP contribution is 2.17. The third kappa shape index (κ3) is 4.30. The molecule has 0 saturated heterocycles. The predicted octanol–water partition coefficient (Wildman–Crippen LogP) is 1.71. The number of benzene rings is 1. The number of aliphatic hydroxyl groups excluding tert-OH is 1. The van der Waals surface area contributed by atoms with Crippen molar-refractivity contribution in [1.29, 1.82) is 0 Å². The molecule has 2 N–H and O–H groups in total. The number of aliphatic hydroxyl groups is 2. The summed E-state index contributed by atoms with van der Waals surface area (Å²) in [4.78, 5) is 0. The van der Waals surface area contributed by atoms with E-state index in [2.05, 4.69) is 15.9 Å². The van der Waals surface area contributed by atoms with Crippen LogP contribution in [-0.2, 0) is 11.3 Å². The zero-order chi connectivity index (χ0) is 11.3. The first-order chi connectivity index (χ1) is 7.05. The highest BCUT2D eigenvalue weighted by atomic mass is 79.9. The van der Waals surface area contributed by atoms with E-state index in [4.69, 9.17) is 9.84 Å². The molecule has 0 aliphatic carbocycles. The van der Waals surface area contributed by atoms with Gasteiger partial charge in [0.2, 0.25) is 0 Å². The summed E-state index contributed by atoms with van der Waals surface area (Å²) in [7, 11) is 0. The van der Waals surface area contributed by atoms with Crippen LogP contribution in [0, 0.1) is 0 Å². The lowest BCUT2D eigenvalue weighted by molar-refractivity contribution is -0.0695. The third-order valence-corrected chi connectivity index (χ3v) is 2.74. The number of rotatable bonds is 5. The van der Waals surface area contributed by atoms with Crippen LogP contribution in [0.15, 0.2) is 28.7 Å². The summed E-state index contributed by atoms with van der Waals surface area (Å²) in [6.07, 6.45) is 0. The molecule has 3 nitrogen and oxygen atoms in total. The smallest absolute Gasteiger partial charge is 0.108 e. The van der Waals surface area contributed by atoms with E-state index in [1.807, 2.05) is 24.3 Å². The first kappa shape index (κ1) is 12.6. The molecule has 0 heterocycles. The largest absolute Gasteiger partial charge is 0.393 e. The SMILES string of the molecule is C[C@](O)(CO)COCc1ccccc1Br. The first-order valence-electron chi connectivity index (χ1n) is 4.69. The average Bonchev–Trinajstić information content (AvgIpc) is 2.21. The molecule has 0 fully saturated rings. The molecule has 0 radical (unpaired) electrons. The van der Waals surface area contributed by atoms with Crippen molar-refractivity contribution in [2.75, 3.05) is 13.2 Å². The monoisotopic (exact) mass is 274 g/mol. The van der Waals surface area contributed by atoms with Crippen molar-refractivity contribution >= 4 is 15.9 Å². The van der Waals surface area contributed by atoms with Gasteiger partial charge >= 0.3 is 0 Å². The Hall–Kier alpha value is -0.420. The van der Waals surface area contributed by atoms with Gasteiger partial charge in [0.25, 0.3) is 0 Å². The lowest BCUT2D eigenvalue weighted by atomic mass is 10.1. The Morgan fingerprint density at radius 3 is 2.67 bits per heavy atom. The topological polar surface area (TPSA) is 49.7 Å². The predicted molar refractivity (Wildman–Crippen MR) is 61.5 cm³/mol. The van der Waals surface area contributed by atoms with Crippen molar-refractivity contribution < 1.29 is 14.9 Å². The Balaban J connectivity index is 2.42. The molecule has 0 bridgehead atoms. The summed E-state index contributed by atoms with van der Waals surface area (Å²) in [5, 5.41) is 18.3. The van der Waals surface area contributed by atoms with Gasteiger partial charge in [-0.05, 0) is 18.6 Å². The first-order valence-corrected chi connectivity index (χ1v) is 5.49. The van der Waals surface area contributed by atoms with Crippen molar-refractivity contribution in [1.82, 2.24) is 0 Å². The number of hydrogen-bond donors (Lipinski definition) is 2. The summed E-state index contributed by atoms with van der Waals surface area (Å²) < 4.78 is 6.30. The summed E-state index contributed by atoms with van der Waals surface area (Å²) in [6, 6.07) is 7.73. The van der Waals surface area contributed by atoms with Crippen molar-refractivity contribution in [2.24, 2.45) is 0 Å². The fourth-order valence-corrected chi connectivity index (χ4v) is 1.44. The van der Waals surface area contributed by atoms with Crippen LogP contribution in [0.4, 0.5) is 0 Å².